The first-order valence-corrected chi connectivity index (χ1v) is 9.46. The molecule has 0 aliphatic rings. The Labute approximate surface area is 168 Å². The van der Waals surface area contributed by atoms with Crippen LogP contribution in [-0.2, 0) is 20.2 Å². The van der Waals surface area contributed by atoms with E-state index < -0.39 is 30.0 Å². The van der Waals surface area contributed by atoms with Crippen LogP contribution in [0.15, 0.2) is 34.1 Å². The molecule has 0 heterocycles. The predicted octanol–water partition coefficient (Wildman–Crippen LogP) is 0.980. The van der Waals surface area contributed by atoms with Gasteiger partial charge in [-0.15, -0.1) is 0 Å². The van der Waals surface area contributed by atoms with E-state index in [1.165, 1.54) is 12.1 Å². The Morgan fingerprint density at radius 2 is 1.00 bits per heavy atom. The summed E-state index contributed by atoms with van der Waals surface area (Å²) in [7, 11) is -9.39. The summed E-state index contributed by atoms with van der Waals surface area (Å²) in [5, 5.41) is 0. The van der Waals surface area contributed by atoms with Crippen molar-refractivity contribution >= 4 is 61.2 Å². The predicted molar refractivity (Wildman–Crippen MR) is 97.0 cm³/mol. The molecule has 0 spiro atoms. The number of hydrogen-bond donors (Lipinski definition) is 4. The van der Waals surface area contributed by atoms with Crippen LogP contribution in [-0.4, -0.2) is 55.5 Å². The molecule has 0 bridgehead atoms. The van der Waals surface area contributed by atoms with Gasteiger partial charge in [0.05, 0.1) is 0 Å². The Hall–Kier alpha value is -1.14. The van der Waals surface area contributed by atoms with Crippen LogP contribution in [0.1, 0.15) is 11.1 Å². The molecular weight excluding hydrogens is 379 g/mol. The van der Waals surface area contributed by atoms with Gasteiger partial charge < -0.3 is 11.5 Å². The van der Waals surface area contributed by atoms with Crippen LogP contribution in [0.3, 0.4) is 0 Å². The summed E-state index contributed by atoms with van der Waals surface area (Å²) in [6.07, 6.45) is 0. The maximum atomic E-state index is 11.7. The fourth-order valence-corrected chi connectivity index (χ4v) is 3.70. The van der Waals surface area contributed by atoms with Crippen molar-refractivity contribution in [1.82, 2.24) is 0 Å². The number of nitrogen functional groups attached to an aromatic ring is 2. The normalized spacial score (nSPS) is 11.8. The van der Waals surface area contributed by atoms with E-state index in [2.05, 4.69) is 0 Å². The maximum absolute atomic E-state index is 11.7. The van der Waals surface area contributed by atoms with E-state index in [0.717, 1.165) is 12.1 Å². The molecule has 0 atom stereocenters. The summed E-state index contributed by atoms with van der Waals surface area (Å²) in [5.41, 5.74) is 12.3. The zero-order valence-corrected chi connectivity index (χ0v) is 14.4. The van der Waals surface area contributed by atoms with Crippen LogP contribution in [0.5, 0.6) is 0 Å². The second-order valence-corrected chi connectivity index (χ2v) is 8.14. The van der Waals surface area contributed by atoms with Gasteiger partial charge in [-0.3, -0.25) is 9.11 Å². The van der Waals surface area contributed by atoms with Crippen LogP contribution in [0.2, 0.25) is 0 Å². The molecule has 0 radical (unpaired) electrons. The molecule has 0 aliphatic carbocycles. The van der Waals surface area contributed by atoms with E-state index in [-0.39, 0.29) is 52.1 Å². The van der Waals surface area contributed by atoms with E-state index in [1.54, 1.807) is 13.8 Å². The standard InChI is InChI=1S/C14H16N2O6S2.Na.H/c1-7-3-9(13(5-11(7)15)23(17,18)19)10-4-8(2)12(16)6-14(10)24(20,21)22;;/h3-6H,15-16H2,1-2H3,(H,17,18,19)(H,20,21,22);;. The second kappa shape index (κ2) is 7.23. The first-order chi connectivity index (χ1) is 10.8. The number of benzene rings is 2. The van der Waals surface area contributed by atoms with Crippen molar-refractivity contribution in [3.63, 3.8) is 0 Å². The molecule has 0 saturated heterocycles. The third kappa shape index (κ3) is 4.53. The van der Waals surface area contributed by atoms with Gasteiger partial charge in [-0.05, 0) is 49.2 Å². The van der Waals surface area contributed by atoms with E-state index in [1.807, 2.05) is 0 Å². The van der Waals surface area contributed by atoms with Gasteiger partial charge in [0, 0.05) is 22.5 Å². The third-order valence-electron chi connectivity index (χ3n) is 3.58. The third-order valence-corrected chi connectivity index (χ3v) is 5.37. The summed E-state index contributed by atoms with van der Waals surface area (Å²) >= 11 is 0. The number of aryl methyl sites for hydroxylation is 2. The summed E-state index contributed by atoms with van der Waals surface area (Å²) in [4.78, 5) is -1.14. The fourth-order valence-electron chi connectivity index (χ4n) is 2.26. The van der Waals surface area contributed by atoms with Crippen molar-refractivity contribution in [3.05, 3.63) is 35.4 Å². The van der Waals surface area contributed by atoms with Gasteiger partial charge >= 0.3 is 29.6 Å². The van der Waals surface area contributed by atoms with Gasteiger partial charge in [-0.2, -0.15) is 16.8 Å². The molecule has 11 heteroatoms. The van der Waals surface area contributed by atoms with Gasteiger partial charge in [-0.25, -0.2) is 0 Å². The molecule has 2 aromatic rings. The monoisotopic (exact) mass is 396 g/mol. The minimum absolute atomic E-state index is 0. The molecule has 0 amide bonds. The van der Waals surface area contributed by atoms with Gasteiger partial charge in [0.1, 0.15) is 9.79 Å². The summed E-state index contributed by atoms with van der Waals surface area (Å²) in [5.74, 6) is 0. The number of rotatable bonds is 3. The van der Waals surface area contributed by atoms with Gasteiger partial charge in [-0.1, -0.05) is 0 Å². The SMILES string of the molecule is Cc1cc(-c2cc(C)c(N)cc2S(=O)(=O)O)c(S(=O)(=O)O)cc1N.[NaH]. The van der Waals surface area contributed by atoms with Crippen molar-refractivity contribution < 1.29 is 25.9 Å². The molecule has 8 nitrogen and oxygen atoms in total. The molecule has 6 N–H and O–H groups in total. The van der Waals surface area contributed by atoms with Crippen LogP contribution < -0.4 is 11.5 Å². The van der Waals surface area contributed by atoms with Gasteiger partial charge in [0.15, 0.2) is 0 Å². The van der Waals surface area contributed by atoms with Crippen LogP contribution in [0, 0.1) is 13.8 Å². The molecule has 0 aliphatic heterocycles. The molecule has 0 saturated carbocycles. The van der Waals surface area contributed by atoms with Gasteiger partial charge in [0.2, 0.25) is 0 Å². The summed E-state index contributed by atoms with van der Waals surface area (Å²) < 4.78 is 65.6. The number of hydrogen-bond acceptors (Lipinski definition) is 6. The van der Waals surface area contributed by atoms with E-state index in [4.69, 9.17) is 11.5 Å². The number of nitrogens with two attached hydrogens (primary N) is 2. The Bertz CT molecular complexity index is 964. The molecular formula is C14H17N2NaO6S2. The molecule has 132 valence electrons. The summed E-state index contributed by atoms with van der Waals surface area (Å²) in [6.45, 7) is 3.17. The van der Waals surface area contributed by atoms with E-state index in [9.17, 15) is 25.9 Å². The number of anilines is 2. The topological polar surface area (TPSA) is 161 Å². The zero-order valence-electron chi connectivity index (χ0n) is 12.8. The molecule has 2 rings (SSSR count). The molecule has 25 heavy (non-hydrogen) atoms. The van der Waals surface area contributed by atoms with Crippen LogP contribution in [0.25, 0.3) is 11.1 Å². The molecule has 2 aromatic carbocycles. The van der Waals surface area contributed by atoms with Gasteiger partial charge in [0.25, 0.3) is 20.2 Å². The first kappa shape index (κ1) is 21.9. The molecule has 0 fully saturated rings. The Morgan fingerprint density at radius 1 is 0.720 bits per heavy atom. The minimum atomic E-state index is -4.69. The van der Waals surface area contributed by atoms with Crippen molar-refractivity contribution in [2.45, 2.75) is 23.6 Å². The second-order valence-electron chi connectivity index (χ2n) is 5.36. The average molecular weight is 396 g/mol. The fraction of sp³-hybridized carbons (Fsp3) is 0.143. The van der Waals surface area contributed by atoms with Crippen LogP contribution >= 0.6 is 0 Å². The average Bonchev–Trinajstić information content (AvgIpc) is 2.41. The van der Waals surface area contributed by atoms with E-state index in [0.29, 0.717) is 11.1 Å². The quantitative estimate of drug-likeness (QED) is 0.339. The zero-order chi connectivity index (χ0) is 18.4. The molecule has 0 unspecified atom stereocenters. The molecule has 0 aromatic heterocycles. The first-order valence-electron chi connectivity index (χ1n) is 6.58. The van der Waals surface area contributed by atoms with Crippen molar-refractivity contribution in [2.75, 3.05) is 11.5 Å². The van der Waals surface area contributed by atoms with Crippen LogP contribution in [0.4, 0.5) is 11.4 Å². The van der Waals surface area contributed by atoms with Crippen molar-refractivity contribution in [2.24, 2.45) is 0 Å². The Balaban J connectivity index is 0.00000312. The Kier molecular flexibility index (Phi) is 6.34. The van der Waals surface area contributed by atoms with Crippen molar-refractivity contribution in [3.8, 4) is 11.1 Å². The van der Waals surface area contributed by atoms with Crippen molar-refractivity contribution in [1.29, 1.82) is 0 Å². The van der Waals surface area contributed by atoms with E-state index >= 15 is 0 Å². The summed E-state index contributed by atoms with van der Waals surface area (Å²) in [6, 6.07) is 4.69. The Morgan fingerprint density at radius 3 is 1.24 bits per heavy atom.